The standard InChI is InChI=1S/C20H16F2N4O3/c21-15-5-4-13(11-16(15)22)18(27)24-7-9-25(10-8-24)19(28)14-12-23-17-3-1-2-6-26(17)20(14)29/h1-6,11-12H,7-10H2. The number of fused-ring (bicyclic) bond motifs is 1. The lowest BCUT2D eigenvalue weighted by molar-refractivity contribution is 0.0534. The Labute approximate surface area is 163 Å². The predicted molar refractivity (Wildman–Crippen MR) is 99.6 cm³/mol. The quantitative estimate of drug-likeness (QED) is 0.657. The van der Waals surface area contributed by atoms with Crippen LogP contribution in [0.25, 0.3) is 5.65 Å². The van der Waals surface area contributed by atoms with Gasteiger partial charge in [0, 0.05) is 44.1 Å². The number of piperazine rings is 1. The van der Waals surface area contributed by atoms with Crippen molar-refractivity contribution < 1.29 is 18.4 Å². The van der Waals surface area contributed by atoms with Gasteiger partial charge in [-0.2, -0.15) is 0 Å². The smallest absolute Gasteiger partial charge is 0.270 e. The van der Waals surface area contributed by atoms with Gasteiger partial charge in [0.15, 0.2) is 11.6 Å². The van der Waals surface area contributed by atoms with Gasteiger partial charge in [-0.25, -0.2) is 13.8 Å². The number of nitrogens with zero attached hydrogens (tertiary/aromatic N) is 4. The number of pyridine rings is 1. The number of aromatic nitrogens is 2. The maximum absolute atomic E-state index is 13.4. The second-order valence-corrected chi connectivity index (χ2v) is 6.62. The van der Waals surface area contributed by atoms with Gasteiger partial charge < -0.3 is 9.80 Å². The SMILES string of the molecule is O=C(c1ccc(F)c(F)c1)N1CCN(C(=O)c2cnc3ccccn3c2=O)CC1. The fourth-order valence-electron chi connectivity index (χ4n) is 3.27. The number of amides is 2. The number of benzene rings is 1. The Bertz CT molecular complexity index is 1170. The zero-order valence-electron chi connectivity index (χ0n) is 15.2. The van der Waals surface area contributed by atoms with Crippen LogP contribution in [0.2, 0.25) is 0 Å². The first kappa shape index (κ1) is 18.7. The molecule has 2 amide bonds. The number of hydrogen-bond acceptors (Lipinski definition) is 4. The Kier molecular flexibility index (Phi) is 4.79. The van der Waals surface area contributed by atoms with Gasteiger partial charge in [0.05, 0.1) is 0 Å². The zero-order chi connectivity index (χ0) is 20.5. The van der Waals surface area contributed by atoms with Gasteiger partial charge in [-0.05, 0) is 30.3 Å². The molecule has 148 valence electrons. The molecule has 0 aliphatic carbocycles. The molecular formula is C20H16F2N4O3. The van der Waals surface area contributed by atoms with Gasteiger partial charge in [-0.3, -0.25) is 18.8 Å². The van der Waals surface area contributed by atoms with Crippen LogP contribution in [0.3, 0.4) is 0 Å². The fourth-order valence-corrected chi connectivity index (χ4v) is 3.27. The summed E-state index contributed by atoms with van der Waals surface area (Å²) < 4.78 is 27.7. The van der Waals surface area contributed by atoms with E-state index in [-0.39, 0.29) is 37.3 Å². The van der Waals surface area contributed by atoms with Gasteiger partial charge >= 0.3 is 0 Å². The van der Waals surface area contributed by atoms with E-state index in [4.69, 9.17) is 0 Å². The summed E-state index contributed by atoms with van der Waals surface area (Å²) in [7, 11) is 0. The minimum Gasteiger partial charge on any atom is -0.335 e. The van der Waals surface area contributed by atoms with Crippen molar-refractivity contribution in [1.29, 1.82) is 0 Å². The molecule has 7 nitrogen and oxygen atoms in total. The van der Waals surface area contributed by atoms with E-state index in [9.17, 15) is 23.2 Å². The van der Waals surface area contributed by atoms with Crippen LogP contribution in [0.4, 0.5) is 8.78 Å². The Morgan fingerprint density at radius 2 is 1.59 bits per heavy atom. The molecular weight excluding hydrogens is 382 g/mol. The second-order valence-electron chi connectivity index (χ2n) is 6.62. The Morgan fingerprint density at radius 3 is 2.28 bits per heavy atom. The monoisotopic (exact) mass is 398 g/mol. The summed E-state index contributed by atoms with van der Waals surface area (Å²) >= 11 is 0. The molecule has 4 rings (SSSR count). The molecule has 29 heavy (non-hydrogen) atoms. The number of rotatable bonds is 2. The minimum atomic E-state index is -1.09. The van der Waals surface area contributed by atoms with E-state index in [0.29, 0.717) is 5.65 Å². The van der Waals surface area contributed by atoms with Crippen molar-refractivity contribution in [3.05, 3.63) is 81.9 Å². The number of carbonyl (C=O) groups excluding carboxylic acids is 2. The van der Waals surface area contributed by atoms with Crippen LogP contribution >= 0.6 is 0 Å². The molecule has 1 aromatic carbocycles. The van der Waals surface area contributed by atoms with Crippen molar-refractivity contribution in [3.63, 3.8) is 0 Å². The summed E-state index contributed by atoms with van der Waals surface area (Å²) in [5.41, 5.74) is -0.0216. The molecule has 1 aliphatic heterocycles. The Balaban J connectivity index is 1.47. The lowest BCUT2D eigenvalue weighted by Gasteiger charge is -2.34. The average molecular weight is 398 g/mol. The van der Waals surface area contributed by atoms with Crippen LogP contribution in [0.5, 0.6) is 0 Å². The van der Waals surface area contributed by atoms with Crippen LogP contribution in [0, 0.1) is 11.6 Å². The highest BCUT2D eigenvalue weighted by atomic mass is 19.2. The van der Waals surface area contributed by atoms with Gasteiger partial charge in [0.2, 0.25) is 0 Å². The predicted octanol–water partition coefficient (Wildman–Crippen LogP) is 1.57. The van der Waals surface area contributed by atoms with Gasteiger partial charge in [-0.15, -0.1) is 0 Å². The summed E-state index contributed by atoms with van der Waals surface area (Å²) in [5, 5.41) is 0. The minimum absolute atomic E-state index is 0.0423. The van der Waals surface area contributed by atoms with E-state index in [1.54, 1.807) is 24.4 Å². The molecule has 0 N–H and O–H groups in total. The molecule has 0 atom stereocenters. The molecule has 3 aromatic rings. The topological polar surface area (TPSA) is 75.0 Å². The molecule has 0 bridgehead atoms. The third-order valence-electron chi connectivity index (χ3n) is 4.86. The highest BCUT2D eigenvalue weighted by molar-refractivity contribution is 5.95. The molecule has 0 radical (unpaired) electrons. The van der Waals surface area contributed by atoms with Crippen LogP contribution in [0.15, 0.2) is 53.6 Å². The zero-order valence-corrected chi connectivity index (χ0v) is 15.2. The van der Waals surface area contributed by atoms with Crippen molar-refractivity contribution >= 4 is 17.5 Å². The number of hydrogen-bond donors (Lipinski definition) is 0. The van der Waals surface area contributed by atoms with Crippen molar-refractivity contribution in [3.8, 4) is 0 Å². The maximum Gasteiger partial charge on any atom is 0.270 e. The van der Waals surface area contributed by atoms with Crippen LogP contribution in [-0.2, 0) is 0 Å². The lowest BCUT2D eigenvalue weighted by atomic mass is 10.1. The lowest BCUT2D eigenvalue weighted by Crippen LogP contribution is -2.51. The van der Waals surface area contributed by atoms with Crippen molar-refractivity contribution in [1.82, 2.24) is 19.2 Å². The number of carbonyl (C=O) groups is 2. The first-order chi connectivity index (χ1) is 14.0. The third kappa shape index (κ3) is 3.46. The van der Waals surface area contributed by atoms with E-state index >= 15 is 0 Å². The van der Waals surface area contributed by atoms with E-state index in [1.165, 1.54) is 26.5 Å². The normalized spacial score (nSPS) is 14.3. The molecule has 2 aromatic heterocycles. The summed E-state index contributed by atoms with van der Waals surface area (Å²) in [6.45, 7) is 0.855. The summed E-state index contributed by atoms with van der Waals surface area (Å²) in [6, 6.07) is 8.07. The molecule has 0 spiro atoms. The molecule has 1 saturated heterocycles. The molecule has 0 saturated carbocycles. The van der Waals surface area contributed by atoms with Crippen LogP contribution in [-0.4, -0.2) is 57.2 Å². The highest BCUT2D eigenvalue weighted by Crippen LogP contribution is 2.14. The number of halogens is 2. The molecule has 0 unspecified atom stereocenters. The second kappa shape index (κ2) is 7.42. The van der Waals surface area contributed by atoms with E-state index < -0.39 is 29.0 Å². The van der Waals surface area contributed by atoms with Crippen molar-refractivity contribution in [2.24, 2.45) is 0 Å². The maximum atomic E-state index is 13.4. The Hall–Kier alpha value is -3.62. The molecule has 3 heterocycles. The van der Waals surface area contributed by atoms with E-state index in [2.05, 4.69) is 4.98 Å². The van der Waals surface area contributed by atoms with E-state index in [0.717, 1.165) is 12.1 Å². The van der Waals surface area contributed by atoms with Crippen molar-refractivity contribution in [2.45, 2.75) is 0 Å². The third-order valence-corrected chi connectivity index (χ3v) is 4.86. The summed E-state index contributed by atoms with van der Waals surface area (Å²) in [5.74, 6) is -3.01. The van der Waals surface area contributed by atoms with Gasteiger partial charge in [0.25, 0.3) is 17.4 Å². The van der Waals surface area contributed by atoms with Crippen LogP contribution in [0.1, 0.15) is 20.7 Å². The fraction of sp³-hybridized carbons (Fsp3) is 0.200. The Morgan fingerprint density at radius 1 is 0.897 bits per heavy atom. The molecule has 9 heteroatoms. The first-order valence-electron chi connectivity index (χ1n) is 8.96. The van der Waals surface area contributed by atoms with Gasteiger partial charge in [-0.1, -0.05) is 6.07 Å². The molecule has 1 fully saturated rings. The molecule has 1 aliphatic rings. The average Bonchev–Trinajstić information content (AvgIpc) is 2.75. The summed E-state index contributed by atoms with van der Waals surface area (Å²) in [6.07, 6.45) is 2.80. The van der Waals surface area contributed by atoms with Gasteiger partial charge in [0.1, 0.15) is 11.2 Å². The van der Waals surface area contributed by atoms with Crippen molar-refractivity contribution in [2.75, 3.05) is 26.2 Å². The van der Waals surface area contributed by atoms with Crippen LogP contribution < -0.4 is 5.56 Å². The highest BCUT2D eigenvalue weighted by Gasteiger charge is 2.27. The first-order valence-corrected chi connectivity index (χ1v) is 8.96. The summed E-state index contributed by atoms with van der Waals surface area (Å²) in [4.78, 5) is 44.9. The largest absolute Gasteiger partial charge is 0.335 e. The van der Waals surface area contributed by atoms with E-state index in [1.807, 2.05) is 0 Å².